The molecule has 1 fully saturated rings. The quantitative estimate of drug-likeness (QED) is 0.729. The summed E-state index contributed by atoms with van der Waals surface area (Å²) in [6.07, 6.45) is 1.77. The van der Waals surface area contributed by atoms with Gasteiger partial charge in [-0.05, 0) is 30.5 Å². The molecule has 5 heteroatoms. The number of benzene rings is 1. The van der Waals surface area contributed by atoms with Crippen LogP contribution in [-0.4, -0.2) is 48.8 Å². The van der Waals surface area contributed by atoms with E-state index in [9.17, 15) is 5.11 Å². The summed E-state index contributed by atoms with van der Waals surface area (Å²) in [6.45, 7) is 2.71. The summed E-state index contributed by atoms with van der Waals surface area (Å²) in [5, 5.41) is 9.73. The minimum atomic E-state index is 0.174. The molecule has 1 aliphatic rings. The fourth-order valence-electron chi connectivity index (χ4n) is 2.64. The summed E-state index contributed by atoms with van der Waals surface area (Å²) in [7, 11) is 1.55. The summed E-state index contributed by atoms with van der Waals surface area (Å²) in [5.41, 5.74) is 13.0. The van der Waals surface area contributed by atoms with Gasteiger partial charge in [-0.3, -0.25) is 4.90 Å². The summed E-state index contributed by atoms with van der Waals surface area (Å²) >= 11 is 0. The smallest absolute Gasteiger partial charge is 0.160 e. The number of rotatable bonds is 4. The summed E-state index contributed by atoms with van der Waals surface area (Å²) < 4.78 is 5.03. The van der Waals surface area contributed by atoms with Crippen molar-refractivity contribution in [2.24, 2.45) is 11.5 Å². The molecule has 1 aromatic rings. The van der Waals surface area contributed by atoms with Crippen molar-refractivity contribution in [3.05, 3.63) is 23.8 Å². The van der Waals surface area contributed by atoms with E-state index >= 15 is 0 Å². The molecule has 2 rings (SSSR count). The lowest BCUT2D eigenvalue weighted by Crippen LogP contribution is -2.52. The van der Waals surface area contributed by atoms with Gasteiger partial charge in [0.25, 0.3) is 0 Å². The van der Waals surface area contributed by atoms with Crippen LogP contribution in [0.2, 0.25) is 0 Å². The van der Waals surface area contributed by atoms with Crippen molar-refractivity contribution in [2.45, 2.75) is 24.9 Å². The molecule has 1 aliphatic heterocycles. The molecule has 1 aromatic carbocycles. The van der Waals surface area contributed by atoms with Gasteiger partial charge < -0.3 is 21.3 Å². The molecule has 2 unspecified atom stereocenters. The molecule has 5 N–H and O–H groups in total. The first-order valence-electron chi connectivity index (χ1n) is 6.68. The lowest BCUT2D eigenvalue weighted by molar-refractivity contribution is 0.192. The Balaban J connectivity index is 1.89. The fraction of sp³-hybridized carbons (Fsp3) is 0.571. The van der Waals surface area contributed by atoms with E-state index in [0.29, 0.717) is 5.75 Å². The third kappa shape index (κ3) is 3.83. The number of likely N-dealkylation sites (tertiary alicyclic amines) is 1. The van der Waals surface area contributed by atoms with E-state index in [1.54, 1.807) is 19.2 Å². The zero-order valence-electron chi connectivity index (χ0n) is 11.4. The Morgan fingerprint density at radius 3 is 2.58 bits per heavy atom. The van der Waals surface area contributed by atoms with Gasteiger partial charge in [-0.1, -0.05) is 6.07 Å². The lowest BCUT2D eigenvalue weighted by atomic mass is 10.0. The Hall–Kier alpha value is -1.30. The predicted octanol–water partition coefficient (Wildman–Crippen LogP) is 0.304. The van der Waals surface area contributed by atoms with Crippen molar-refractivity contribution < 1.29 is 9.84 Å². The first-order chi connectivity index (χ1) is 9.08. The van der Waals surface area contributed by atoms with Crippen molar-refractivity contribution in [2.75, 3.05) is 26.7 Å². The second-order valence-electron chi connectivity index (χ2n) is 5.27. The summed E-state index contributed by atoms with van der Waals surface area (Å²) in [4.78, 5) is 2.29. The normalized spacial score (nSPS) is 24.4. The number of phenols is 1. The molecule has 0 saturated carbocycles. The molecular formula is C14H23N3O2. The molecule has 106 valence electrons. The van der Waals surface area contributed by atoms with Gasteiger partial charge in [0.15, 0.2) is 11.5 Å². The number of methoxy groups -OCH3 is 1. The Morgan fingerprint density at radius 1 is 1.32 bits per heavy atom. The maximum absolute atomic E-state index is 9.73. The molecule has 0 radical (unpaired) electrons. The maximum Gasteiger partial charge on any atom is 0.160 e. The van der Waals surface area contributed by atoms with Gasteiger partial charge in [0.05, 0.1) is 7.11 Å². The topological polar surface area (TPSA) is 84.7 Å². The second kappa shape index (κ2) is 6.23. The minimum absolute atomic E-state index is 0.174. The van der Waals surface area contributed by atoms with Crippen molar-refractivity contribution in [3.63, 3.8) is 0 Å². The van der Waals surface area contributed by atoms with E-state index in [2.05, 4.69) is 4.90 Å². The third-order valence-corrected chi connectivity index (χ3v) is 3.55. The van der Waals surface area contributed by atoms with Gasteiger partial charge in [-0.15, -0.1) is 0 Å². The average molecular weight is 265 g/mol. The van der Waals surface area contributed by atoms with Crippen LogP contribution in [0.25, 0.3) is 0 Å². The van der Waals surface area contributed by atoms with Gasteiger partial charge in [0, 0.05) is 31.7 Å². The third-order valence-electron chi connectivity index (χ3n) is 3.55. The first kappa shape index (κ1) is 14.1. The van der Waals surface area contributed by atoms with Crippen molar-refractivity contribution in [1.82, 2.24) is 4.90 Å². The van der Waals surface area contributed by atoms with E-state index in [4.69, 9.17) is 16.2 Å². The number of nitrogens with zero attached hydrogens (tertiary/aromatic N) is 1. The van der Waals surface area contributed by atoms with Crippen LogP contribution in [-0.2, 0) is 6.42 Å². The molecule has 1 saturated heterocycles. The summed E-state index contributed by atoms with van der Waals surface area (Å²) in [5.74, 6) is 0.692. The Kier molecular flexibility index (Phi) is 4.63. The van der Waals surface area contributed by atoms with Crippen LogP contribution in [0.15, 0.2) is 18.2 Å². The molecule has 0 amide bonds. The van der Waals surface area contributed by atoms with Crippen LogP contribution in [0.3, 0.4) is 0 Å². The van der Waals surface area contributed by atoms with E-state index < -0.39 is 0 Å². The highest BCUT2D eigenvalue weighted by Gasteiger charge is 2.21. The van der Waals surface area contributed by atoms with Gasteiger partial charge in [0.1, 0.15) is 0 Å². The van der Waals surface area contributed by atoms with Gasteiger partial charge in [-0.2, -0.15) is 0 Å². The van der Waals surface area contributed by atoms with Crippen LogP contribution in [0.4, 0.5) is 0 Å². The first-order valence-corrected chi connectivity index (χ1v) is 6.68. The number of ether oxygens (including phenoxy) is 1. The monoisotopic (exact) mass is 265 g/mol. The Bertz CT molecular complexity index is 415. The molecule has 0 bridgehead atoms. The van der Waals surface area contributed by atoms with E-state index in [0.717, 1.165) is 38.0 Å². The van der Waals surface area contributed by atoms with E-state index in [1.807, 2.05) is 6.07 Å². The van der Waals surface area contributed by atoms with Crippen LogP contribution in [0, 0.1) is 0 Å². The molecular weight excluding hydrogens is 242 g/mol. The Morgan fingerprint density at radius 2 is 2.00 bits per heavy atom. The molecule has 2 atom stereocenters. The van der Waals surface area contributed by atoms with Crippen molar-refractivity contribution >= 4 is 0 Å². The highest BCUT2D eigenvalue weighted by atomic mass is 16.5. The second-order valence-corrected chi connectivity index (χ2v) is 5.27. The highest BCUT2D eigenvalue weighted by Crippen LogP contribution is 2.26. The number of hydrogen-bond acceptors (Lipinski definition) is 5. The van der Waals surface area contributed by atoms with E-state index in [1.165, 1.54) is 0 Å². The molecule has 19 heavy (non-hydrogen) atoms. The summed E-state index contributed by atoms with van der Waals surface area (Å²) in [6, 6.07) is 5.87. The molecule has 0 aromatic heterocycles. The zero-order valence-corrected chi connectivity index (χ0v) is 11.4. The van der Waals surface area contributed by atoms with Crippen LogP contribution in [0.1, 0.15) is 12.0 Å². The van der Waals surface area contributed by atoms with Crippen LogP contribution < -0.4 is 16.2 Å². The molecule has 5 nitrogen and oxygen atoms in total. The number of piperidine rings is 1. The van der Waals surface area contributed by atoms with Crippen LogP contribution in [0.5, 0.6) is 11.5 Å². The minimum Gasteiger partial charge on any atom is -0.504 e. The number of aromatic hydroxyl groups is 1. The fourth-order valence-corrected chi connectivity index (χ4v) is 2.64. The lowest BCUT2D eigenvalue weighted by Gasteiger charge is -2.34. The predicted molar refractivity (Wildman–Crippen MR) is 75.4 cm³/mol. The Labute approximate surface area is 114 Å². The van der Waals surface area contributed by atoms with Crippen molar-refractivity contribution in [1.29, 1.82) is 0 Å². The van der Waals surface area contributed by atoms with Gasteiger partial charge in [0.2, 0.25) is 0 Å². The number of hydrogen-bond donors (Lipinski definition) is 3. The van der Waals surface area contributed by atoms with Crippen LogP contribution >= 0.6 is 0 Å². The number of nitrogens with two attached hydrogens (primary N) is 2. The van der Waals surface area contributed by atoms with E-state index in [-0.39, 0.29) is 17.8 Å². The molecule has 0 spiro atoms. The largest absolute Gasteiger partial charge is 0.504 e. The standard InChI is InChI=1S/C14H23N3O2/c1-19-14-3-2-10(6-13(14)18)4-5-17-8-11(15)7-12(16)9-17/h2-3,6,11-12,18H,4-5,7-9,15-16H2,1H3. The molecule has 0 aliphatic carbocycles. The zero-order chi connectivity index (χ0) is 13.8. The van der Waals surface area contributed by atoms with Gasteiger partial charge in [-0.25, -0.2) is 0 Å². The van der Waals surface area contributed by atoms with Crippen molar-refractivity contribution in [3.8, 4) is 11.5 Å². The number of phenolic OH excluding ortho intramolecular Hbond substituents is 1. The highest BCUT2D eigenvalue weighted by molar-refractivity contribution is 5.41. The average Bonchev–Trinajstić information content (AvgIpc) is 2.35. The molecule has 1 heterocycles. The maximum atomic E-state index is 9.73. The SMILES string of the molecule is COc1ccc(CCN2CC(N)CC(N)C2)cc1O. The van der Waals surface area contributed by atoms with Gasteiger partial charge >= 0.3 is 0 Å².